The number of hydrogen-bond donors (Lipinski definition) is 5. The second-order valence-electron chi connectivity index (χ2n) is 12.1. The van der Waals surface area contributed by atoms with E-state index in [1.165, 1.54) is 6.07 Å². The van der Waals surface area contributed by atoms with Crippen molar-refractivity contribution in [2.24, 2.45) is 17.6 Å². The molecule has 4 aromatic rings. The lowest BCUT2D eigenvalue weighted by molar-refractivity contribution is -0.149. The van der Waals surface area contributed by atoms with E-state index >= 15 is 0 Å². The number of benzene rings is 2. The number of aromatic amines is 1. The number of aromatic nitrogens is 3. The second-order valence-corrected chi connectivity index (χ2v) is 12.1. The van der Waals surface area contributed by atoms with Gasteiger partial charge in [0, 0.05) is 34.7 Å². The van der Waals surface area contributed by atoms with Crippen molar-refractivity contribution in [3.63, 3.8) is 0 Å². The van der Waals surface area contributed by atoms with Gasteiger partial charge in [0.05, 0.1) is 11.7 Å². The molecule has 248 valence electrons. The maximum atomic E-state index is 13.6. The number of nitrogens with two attached hydrogens (primary N) is 1. The number of alkyl halides is 3. The van der Waals surface area contributed by atoms with E-state index in [-0.39, 0.29) is 29.8 Å². The van der Waals surface area contributed by atoms with Crippen LogP contribution in [0, 0.1) is 18.8 Å². The molecule has 2 aromatic heterocycles. The number of aryl methyl sites for hydroxylation is 1. The van der Waals surface area contributed by atoms with E-state index in [0.29, 0.717) is 29.4 Å². The molecular formula is C34H38F3N7O3. The molecule has 0 radical (unpaired) electrons. The number of nitrogens with zero attached hydrogens (tertiary/aromatic N) is 2. The van der Waals surface area contributed by atoms with Crippen molar-refractivity contribution >= 4 is 34.3 Å². The van der Waals surface area contributed by atoms with Crippen molar-refractivity contribution in [1.29, 1.82) is 0 Å². The molecule has 2 heterocycles. The number of nitrogens with one attached hydrogen (secondary N) is 4. The Morgan fingerprint density at radius 2 is 1.72 bits per heavy atom. The van der Waals surface area contributed by atoms with Gasteiger partial charge in [-0.05, 0) is 87.4 Å². The van der Waals surface area contributed by atoms with Gasteiger partial charge in [-0.1, -0.05) is 30.3 Å². The normalized spacial score (nSPS) is 17.9. The number of rotatable bonds is 10. The number of pyridine rings is 1. The predicted octanol–water partition coefficient (Wildman–Crippen LogP) is 5.05. The van der Waals surface area contributed by atoms with Crippen LogP contribution in [0.25, 0.3) is 22.0 Å². The molecule has 0 spiro atoms. The summed E-state index contributed by atoms with van der Waals surface area (Å²) in [6.07, 6.45) is 0.566. The quantitative estimate of drug-likeness (QED) is 0.162. The van der Waals surface area contributed by atoms with Gasteiger partial charge < -0.3 is 21.7 Å². The van der Waals surface area contributed by atoms with Crippen LogP contribution in [0.4, 0.5) is 18.9 Å². The third kappa shape index (κ3) is 8.33. The maximum Gasteiger partial charge on any atom is 0.408 e. The van der Waals surface area contributed by atoms with Crippen LogP contribution < -0.4 is 21.7 Å². The highest BCUT2D eigenvalue weighted by Crippen LogP contribution is 2.29. The third-order valence-electron chi connectivity index (χ3n) is 8.76. The Hall–Kier alpha value is -4.78. The van der Waals surface area contributed by atoms with Gasteiger partial charge in [-0.2, -0.15) is 18.3 Å². The molecule has 2 atom stereocenters. The molecule has 1 aliphatic rings. The van der Waals surface area contributed by atoms with Crippen LogP contribution in [-0.4, -0.2) is 57.7 Å². The van der Waals surface area contributed by atoms with E-state index in [9.17, 15) is 27.6 Å². The van der Waals surface area contributed by atoms with Gasteiger partial charge >= 0.3 is 6.18 Å². The van der Waals surface area contributed by atoms with Crippen molar-refractivity contribution in [1.82, 2.24) is 25.8 Å². The molecule has 0 bridgehead atoms. The predicted molar refractivity (Wildman–Crippen MR) is 172 cm³/mol. The molecule has 0 aliphatic heterocycles. The molecule has 1 aliphatic carbocycles. The molecule has 1 fully saturated rings. The summed E-state index contributed by atoms with van der Waals surface area (Å²) >= 11 is 0. The Bertz CT molecular complexity index is 1730. The lowest BCUT2D eigenvalue weighted by Crippen LogP contribution is -2.48. The van der Waals surface area contributed by atoms with E-state index in [1.807, 2.05) is 35.6 Å². The van der Waals surface area contributed by atoms with Gasteiger partial charge in [-0.25, -0.2) is 4.98 Å². The molecule has 3 amide bonds. The number of anilines is 1. The fourth-order valence-corrected chi connectivity index (χ4v) is 5.80. The van der Waals surface area contributed by atoms with E-state index in [1.54, 1.807) is 31.3 Å². The molecule has 1 saturated carbocycles. The zero-order chi connectivity index (χ0) is 33.7. The molecule has 2 aromatic carbocycles. The Labute approximate surface area is 270 Å². The summed E-state index contributed by atoms with van der Waals surface area (Å²) in [4.78, 5) is 43.5. The fraction of sp³-hybridized carbons (Fsp3) is 0.382. The van der Waals surface area contributed by atoms with Gasteiger partial charge in [0.15, 0.2) is 0 Å². The van der Waals surface area contributed by atoms with Crippen LogP contribution in [0.15, 0.2) is 60.8 Å². The standard InChI is InChI=1S/C34H38F3N7O3/c1-19-27(13-14-28(40-19)32(46)41-20(2)34(35,36)37)23-7-3-21(4-8-23)15-30(43-31(45)24-9-5-22(17-38)6-10-24)33(47)42-26-12-11-25-18-39-44-29(25)16-26/h3-4,7-8,11-14,16,18,20,22,24,30H,5-6,9-10,15,17,38H2,1-2H3,(H,39,44)(H,41,46)(H,42,47)(H,43,45)/t20?,22?,24?,30-/m0/s1. The largest absolute Gasteiger partial charge is 0.408 e. The zero-order valence-electron chi connectivity index (χ0n) is 26.2. The molecule has 0 saturated heterocycles. The summed E-state index contributed by atoms with van der Waals surface area (Å²) in [6.45, 7) is 3.14. The topological polar surface area (TPSA) is 155 Å². The summed E-state index contributed by atoms with van der Waals surface area (Å²) in [5, 5.41) is 15.6. The van der Waals surface area contributed by atoms with Crippen molar-refractivity contribution in [3.8, 4) is 11.1 Å². The van der Waals surface area contributed by atoms with Crippen molar-refractivity contribution in [3.05, 3.63) is 77.7 Å². The molecule has 10 nitrogen and oxygen atoms in total. The first-order valence-corrected chi connectivity index (χ1v) is 15.6. The molecule has 5 rings (SSSR count). The van der Waals surface area contributed by atoms with Crippen molar-refractivity contribution in [2.45, 2.75) is 64.2 Å². The van der Waals surface area contributed by atoms with Gasteiger partial charge in [0.1, 0.15) is 17.8 Å². The Morgan fingerprint density at radius 1 is 1.00 bits per heavy atom. The number of amides is 3. The average molecular weight is 650 g/mol. The Kier molecular flexibility index (Phi) is 10.2. The van der Waals surface area contributed by atoms with Crippen LogP contribution in [0.5, 0.6) is 0 Å². The van der Waals surface area contributed by atoms with Crippen LogP contribution in [0.2, 0.25) is 0 Å². The highest BCUT2D eigenvalue weighted by molar-refractivity contribution is 5.99. The molecule has 6 N–H and O–H groups in total. The molecular weight excluding hydrogens is 611 g/mol. The average Bonchev–Trinajstić information content (AvgIpc) is 3.52. The van der Waals surface area contributed by atoms with E-state index in [0.717, 1.165) is 54.6 Å². The van der Waals surface area contributed by atoms with Crippen LogP contribution >= 0.6 is 0 Å². The van der Waals surface area contributed by atoms with Gasteiger partial charge in [0.2, 0.25) is 11.8 Å². The smallest absolute Gasteiger partial charge is 0.344 e. The number of fused-ring (bicyclic) bond motifs is 1. The van der Waals surface area contributed by atoms with E-state index in [2.05, 4.69) is 25.8 Å². The highest BCUT2D eigenvalue weighted by atomic mass is 19.4. The Balaban J connectivity index is 1.30. The molecule has 13 heteroatoms. The SMILES string of the molecule is Cc1nc(C(=O)NC(C)C(F)(F)F)ccc1-c1ccc(C[C@H](NC(=O)C2CCC(CN)CC2)C(=O)Nc2ccc3cn[nH]c3c2)cc1. The van der Waals surface area contributed by atoms with E-state index < -0.39 is 24.2 Å². The minimum atomic E-state index is -4.56. The molecule has 1 unspecified atom stereocenters. The van der Waals surface area contributed by atoms with Crippen LogP contribution in [0.3, 0.4) is 0 Å². The number of hydrogen-bond acceptors (Lipinski definition) is 6. The summed E-state index contributed by atoms with van der Waals surface area (Å²) in [5.74, 6) is -1.20. The van der Waals surface area contributed by atoms with Gasteiger partial charge in [0.25, 0.3) is 5.91 Å². The highest BCUT2D eigenvalue weighted by Gasteiger charge is 2.37. The summed E-state index contributed by atoms with van der Waals surface area (Å²) < 4.78 is 38.6. The number of H-pyrrole nitrogens is 1. The van der Waals surface area contributed by atoms with Gasteiger partial charge in [-0.15, -0.1) is 0 Å². The summed E-state index contributed by atoms with van der Waals surface area (Å²) in [5.41, 5.74) is 9.77. The summed E-state index contributed by atoms with van der Waals surface area (Å²) in [7, 11) is 0. The van der Waals surface area contributed by atoms with Crippen molar-refractivity contribution in [2.75, 3.05) is 11.9 Å². The van der Waals surface area contributed by atoms with Crippen LogP contribution in [0.1, 0.15) is 54.4 Å². The minimum absolute atomic E-state index is 0.119. The summed E-state index contributed by atoms with van der Waals surface area (Å²) in [6, 6.07) is 12.9. The first-order valence-electron chi connectivity index (χ1n) is 15.6. The van der Waals surface area contributed by atoms with Crippen molar-refractivity contribution < 1.29 is 27.6 Å². The number of carbonyl (C=O) groups excluding carboxylic acids is 3. The second kappa shape index (κ2) is 14.3. The van der Waals surface area contributed by atoms with Gasteiger partial charge in [-0.3, -0.25) is 19.5 Å². The maximum absolute atomic E-state index is 13.6. The molecule has 47 heavy (non-hydrogen) atoms. The monoisotopic (exact) mass is 649 g/mol. The lowest BCUT2D eigenvalue weighted by atomic mass is 9.81. The lowest BCUT2D eigenvalue weighted by Gasteiger charge is -2.28. The number of carbonyl (C=O) groups is 3. The fourth-order valence-electron chi connectivity index (χ4n) is 5.80. The minimum Gasteiger partial charge on any atom is -0.344 e. The van der Waals surface area contributed by atoms with Crippen LogP contribution in [-0.2, 0) is 16.0 Å². The van der Waals surface area contributed by atoms with E-state index in [4.69, 9.17) is 5.73 Å². The third-order valence-corrected chi connectivity index (χ3v) is 8.76. The zero-order valence-corrected chi connectivity index (χ0v) is 26.2. The Morgan fingerprint density at radius 3 is 2.38 bits per heavy atom. The first kappa shape index (κ1) is 33.6. The first-order chi connectivity index (χ1) is 22.4. The number of halogens is 3.